The number of esters is 1. The van der Waals surface area contributed by atoms with Gasteiger partial charge in [-0.05, 0) is 23.6 Å². The minimum atomic E-state index is -0.397. The van der Waals surface area contributed by atoms with Crippen molar-refractivity contribution >= 4 is 23.4 Å². The molecule has 0 spiro atoms. The second kappa shape index (κ2) is 5.36. The lowest BCUT2D eigenvalue weighted by Gasteiger charge is -2.21. The SMILES string of the molecule is CC(=O)OC1=CC(=O)C[C@H](c2ccc(Cl)cc2)C1. The zero-order chi connectivity index (χ0) is 13.1. The van der Waals surface area contributed by atoms with Gasteiger partial charge < -0.3 is 4.74 Å². The molecule has 0 heterocycles. The van der Waals surface area contributed by atoms with E-state index in [0.717, 1.165) is 5.56 Å². The van der Waals surface area contributed by atoms with Crippen LogP contribution < -0.4 is 0 Å². The third-order valence-corrected chi connectivity index (χ3v) is 3.09. The maximum absolute atomic E-state index is 11.6. The van der Waals surface area contributed by atoms with Gasteiger partial charge in [-0.3, -0.25) is 9.59 Å². The molecule has 94 valence electrons. The van der Waals surface area contributed by atoms with Gasteiger partial charge in [-0.25, -0.2) is 0 Å². The first kappa shape index (κ1) is 12.8. The Morgan fingerprint density at radius 3 is 2.56 bits per heavy atom. The Hall–Kier alpha value is -1.61. The summed E-state index contributed by atoms with van der Waals surface area (Å²) in [5, 5.41) is 0.664. The molecule has 1 aliphatic carbocycles. The molecule has 0 unspecified atom stereocenters. The first-order chi connectivity index (χ1) is 8.54. The van der Waals surface area contributed by atoms with E-state index in [9.17, 15) is 9.59 Å². The zero-order valence-corrected chi connectivity index (χ0v) is 10.7. The Morgan fingerprint density at radius 1 is 1.28 bits per heavy atom. The fourth-order valence-electron chi connectivity index (χ4n) is 2.08. The Morgan fingerprint density at radius 2 is 1.94 bits per heavy atom. The average molecular weight is 265 g/mol. The number of halogens is 1. The van der Waals surface area contributed by atoms with E-state index in [-0.39, 0.29) is 11.7 Å². The minimum absolute atomic E-state index is 0.0162. The van der Waals surface area contributed by atoms with E-state index < -0.39 is 5.97 Å². The molecule has 2 rings (SSSR count). The van der Waals surface area contributed by atoms with Gasteiger partial charge in [-0.15, -0.1) is 0 Å². The zero-order valence-electron chi connectivity index (χ0n) is 9.98. The largest absolute Gasteiger partial charge is 0.431 e. The molecule has 0 N–H and O–H groups in total. The van der Waals surface area contributed by atoms with Crippen molar-refractivity contribution in [3.63, 3.8) is 0 Å². The number of carbonyl (C=O) groups excluding carboxylic acids is 2. The Labute approximate surface area is 110 Å². The van der Waals surface area contributed by atoms with Crippen molar-refractivity contribution in [1.82, 2.24) is 0 Å². The molecule has 1 atom stereocenters. The number of allylic oxidation sites excluding steroid dienone is 2. The van der Waals surface area contributed by atoms with Crippen LogP contribution in [-0.2, 0) is 14.3 Å². The van der Waals surface area contributed by atoms with Gasteiger partial charge in [-0.1, -0.05) is 23.7 Å². The van der Waals surface area contributed by atoms with Gasteiger partial charge in [-0.2, -0.15) is 0 Å². The average Bonchev–Trinajstić information content (AvgIpc) is 2.28. The van der Waals surface area contributed by atoms with Crippen LogP contribution in [0.25, 0.3) is 0 Å². The fraction of sp³-hybridized carbons (Fsp3) is 0.286. The third kappa shape index (κ3) is 3.20. The van der Waals surface area contributed by atoms with Crippen molar-refractivity contribution in [2.24, 2.45) is 0 Å². The Kier molecular flexibility index (Phi) is 3.82. The standard InChI is InChI=1S/C14H13ClO3/c1-9(16)18-14-7-11(6-13(17)8-14)10-2-4-12(15)5-3-10/h2-5,8,11H,6-7H2,1H3/t11-/m0/s1. The second-order valence-electron chi connectivity index (χ2n) is 4.33. The van der Waals surface area contributed by atoms with Crippen LogP contribution >= 0.6 is 11.6 Å². The maximum atomic E-state index is 11.6. The summed E-state index contributed by atoms with van der Waals surface area (Å²) in [6.45, 7) is 1.33. The quantitative estimate of drug-likeness (QED) is 0.770. The van der Waals surface area contributed by atoms with Crippen LogP contribution in [0.5, 0.6) is 0 Å². The number of rotatable bonds is 2. The van der Waals surface area contributed by atoms with Crippen LogP contribution in [0.2, 0.25) is 5.02 Å². The van der Waals surface area contributed by atoms with Crippen LogP contribution in [0.3, 0.4) is 0 Å². The molecular weight excluding hydrogens is 252 g/mol. The highest BCUT2D eigenvalue weighted by Crippen LogP contribution is 2.32. The van der Waals surface area contributed by atoms with Crippen molar-refractivity contribution in [2.75, 3.05) is 0 Å². The summed E-state index contributed by atoms with van der Waals surface area (Å²) in [7, 11) is 0. The molecule has 0 fully saturated rings. The van der Waals surface area contributed by atoms with E-state index in [1.54, 1.807) is 12.1 Å². The molecule has 1 aliphatic rings. The molecule has 0 saturated heterocycles. The molecule has 0 bridgehead atoms. The van der Waals surface area contributed by atoms with Gasteiger partial charge in [0.2, 0.25) is 0 Å². The van der Waals surface area contributed by atoms with Gasteiger partial charge in [0.1, 0.15) is 5.76 Å². The summed E-state index contributed by atoms with van der Waals surface area (Å²) >= 11 is 5.83. The van der Waals surface area contributed by atoms with Gasteiger partial charge in [0.25, 0.3) is 0 Å². The lowest BCUT2D eigenvalue weighted by atomic mass is 9.86. The number of hydrogen-bond acceptors (Lipinski definition) is 3. The molecular formula is C14H13ClO3. The predicted octanol–water partition coefficient (Wildman–Crippen LogP) is 3.23. The summed E-state index contributed by atoms with van der Waals surface area (Å²) in [5.74, 6) is 0.0797. The second-order valence-corrected chi connectivity index (χ2v) is 4.76. The van der Waals surface area contributed by atoms with Crippen LogP contribution in [0.4, 0.5) is 0 Å². The predicted molar refractivity (Wildman–Crippen MR) is 68.3 cm³/mol. The van der Waals surface area contributed by atoms with Crippen molar-refractivity contribution in [3.8, 4) is 0 Å². The van der Waals surface area contributed by atoms with Gasteiger partial charge in [0.15, 0.2) is 5.78 Å². The van der Waals surface area contributed by atoms with E-state index in [0.29, 0.717) is 23.6 Å². The Bertz CT molecular complexity index is 502. The van der Waals surface area contributed by atoms with E-state index in [1.165, 1.54) is 13.0 Å². The first-order valence-electron chi connectivity index (χ1n) is 5.72. The van der Waals surface area contributed by atoms with E-state index in [2.05, 4.69) is 0 Å². The molecule has 0 radical (unpaired) electrons. The molecule has 0 amide bonds. The summed E-state index contributed by atoms with van der Waals surface area (Å²) in [4.78, 5) is 22.5. The van der Waals surface area contributed by atoms with Crippen LogP contribution in [0.1, 0.15) is 31.2 Å². The minimum Gasteiger partial charge on any atom is -0.431 e. The number of ketones is 1. The van der Waals surface area contributed by atoms with E-state index in [4.69, 9.17) is 16.3 Å². The molecule has 0 aliphatic heterocycles. The topological polar surface area (TPSA) is 43.4 Å². The molecule has 1 aromatic carbocycles. The summed E-state index contributed by atoms with van der Waals surface area (Å²) in [6.07, 6.45) is 2.41. The first-order valence-corrected chi connectivity index (χ1v) is 6.09. The molecule has 18 heavy (non-hydrogen) atoms. The van der Waals surface area contributed by atoms with Crippen LogP contribution in [0.15, 0.2) is 36.1 Å². The number of carbonyl (C=O) groups is 2. The molecule has 0 saturated carbocycles. The van der Waals surface area contributed by atoms with Crippen molar-refractivity contribution in [3.05, 3.63) is 46.7 Å². The Balaban J connectivity index is 2.16. The normalized spacial score (nSPS) is 19.3. The molecule has 3 nitrogen and oxygen atoms in total. The van der Waals surface area contributed by atoms with E-state index in [1.807, 2.05) is 12.1 Å². The number of ether oxygens (including phenoxy) is 1. The lowest BCUT2D eigenvalue weighted by molar-refractivity contribution is -0.137. The van der Waals surface area contributed by atoms with Crippen LogP contribution in [-0.4, -0.2) is 11.8 Å². The maximum Gasteiger partial charge on any atom is 0.307 e. The smallest absolute Gasteiger partial charge is 0.307 e. The highest BCUT2D eigenvalue weighted by atomic mass is 35.5. The summed E-state index contributed by atoms with van der Waals surface area (Å²) in [6, 6.07) is 7.39. The van der Waals surface area contributed by atoms with E-state index >= 15 is 0 Å². The van der Waals surface area contributed by atoms with Crippen LogP contribution in [0, 0.1) is 0 Å². The van der Waals surface area contributed by atoms with Crippen molar-refractivity contribution < 1.29 is 14.3 Å². The van der Waals surface area contributed by atoms with Crippen molar-refractivity contribution in [1.29, 1.82) is 0 Å². The third-order valence-electron chi connectivity index (χ3n) is 2.83. The van der Waals surface area contributed by atoms with Gasteiger partial charge >= 0.3 is 5.97 Å². The molecule has 1 aromatic rings. The van der Waals surface area contributed by atoms with Gasteiger partial charge in [0, 0.05) is 30.9 Å². The highest BCUT2D eigenvalue weighted by Gasteiger charge is 2.23. The van der Waals surface area contributed by atoms with Crippen molar-refractivity contribution in [2.45, 2.75) is 25.7 Å². The van der Waals surface area contributed by atoms with Gasteiger partial charge in [0.05, 0.1) is 0 Å². The number of benzene rings is 1. The summed E-state index contributed by atoms with van der Waals surface area (Å²) in [5.41, 5.74) is 1.03. The number of hydrogen-bond donors (Lipinski definition) is 0. The molecule has 4 heteroatoms. The fourth-order valence-corrected chi connectivity index (χ4v) is 2.21. The lowest BCUT2D eigenvalue weighted by Crippen LogP contribution is -2.15. The molecule has 0 aromatic heterocycles. The summed E-state index contributed by atoms with van der Waals surface area (Å²) < 4.78 is 5.01. The monoisotopic (exact) mass is 264 g/mol. The highest BCUT2D eigenvalue weighted by molar-refractivity contribution is 6.30.